The summed E-state index contributed by atoms with van der Waals surface area (Å²) in [4.78, 5) is 35.2. The minimum absolute atomic E-state index is 0.0574. The summed E-state index contributed by atoms with van der Waals surface area (Å²) in [7, 11) is 1.33. The predicted molar refractivity (Wildman–Crippen MR) is 150 cm³/mol. The number of hydrogen-bond acceptors (Lipinski definition) is 17. The molecule has 0 saturated carbocycles. The Hall–Kier alpha value is -2.75. The molecular weight excluding hydrogens is 648 g/mol. The average molecular weight is 670 g/mol. The molecule has 0 amide bonds. The number of rotatable bonds is 2. The fourth-order valence-electron chi connectivity index (χ4n) is 5.23. The summed E-state index contributed by atoms with van der Waals surface area (Å²) in [5.74, 6) is 0.148. The Morgan fingerprint density at radius 2 is 1.43 bits per heavy atom. The van der Waals surface area contributed by atoms with Gasteiger partial charge in [0.15, 0.2) is 41.6 Å². The number of halogens is 1. The number of anilines is 2. The molecule has 7 heterocycles. The fourth-order valence-corrected chi connectivity index (χ4v) is 7.69. The molecule has 7 rings (SSSR count). The van der Waals surface area contributed by atoms with Gasteiger partial charge in [0.2, 0.25) is 7.57 Å². The Balaban J connectivity index is 1.17. The number of alkyl halides is 1. The van der Waals surface area contributed by atoms with Crippen LogP contribution in [0.25, 0.3) is 22.3 Å². The van der Waals surface area contributed by atoms with Crippen molar-refractivity contribution in [2.75, 3.05) is 24.7 Å². The molecule has 6 N–H and O–H groups in total. The van der Waals surface area contributed by atoms with Gasteiger partial charge in [0.25, 0.3) is 7.47 Å². The number of ether oxygens (including phenoxy) is 2. The second-order valence-electron chi connectivity index (χ2n) is 9.97. The van der Waals surface area contributed by atoms with Crippen LogP contribution in [0.1, 0.15) is 12.5 Å². The van der Waals surface area contributed by atoms with Crippen molar-refractivity contribution in [3.8, 4) is 0 Å². The van der Waals surface area contributed by atoms with Crippen molar-refractivity contribution >= 4 is 67.5 Å². The topological polar surface area (TPSA) is 252 Å². The molecule has 10 atom stereocenters. The summed E-state index contributed by atoms with van der Waals surface area (Å²) in [6.45, 7) is -5.38. The Morgan fingerprint density at radius 1 is 0.886 bits per heavy atom. The maximum Gasteiger partial charge on any atom is 0.325 e. The largest absolute Gasteiger partial charge is 0.386 e. The molecule has 3 fully saturated rings. The van der Waals surface area contributed by atoms with Gasteiger partial charge in [-0.3, -0.25) is 18.2 Å². The van der Waals surface area contributed by atoms with E-state index >= 15 is 4.39 Å². The molecule has 3 aliphatic heterocycles. The molecule has 2 radical (unpaired) electrons. The average Bonchev–Trinajstić information content (AvgIpc) is 3.73. The van der Waals surface area contributed by atoms with Gasteiger partial charge in [-0.05, 0) is 11.8 Å². The summed E-state index contributed by atoms with van der Waals surface area (Å²) >= 11 is 5.20. The van der Waals surface area contributed by atoms with Crippen molar-refractivity contribution in [1.29, 1.82) is 0 Å². The van der Waals surface area contributed by atoms with Gasteiger partial charge in [-0.2, -0.15) is 0 Å². The molecule has 24 heteroatoms. The Bertz CT molecular complexity index is 1710. The molecule has 3 unspecified atom stereocenters. The van der Waals surface area contributed by atoms with Crippen molar-refractivity contribution < 1.29 is 46.5 Å². The van der Waals surface area contributed by atoms with Crippen molar-refractivity contribution in [3.63, 3.8) is 0 Å². The van der Waals surface area contributed by atoms with E-state index in [9.17, 15) is 14.6 Å². The van der Waals surface area contributed by atoms with Crippen LogP contribution in [0.5, 0.6) is 0 Å². The van der Waals surface area contributed by atoms with E-state index in [4.69, 9.17) is 58.4 Å². The summed E-state index contributed by atoms with van der Waals surface area (Å²) in [5.41, 5.74) is 12.5. The minimum Gasteiger partial charge on any atom is -0.386 e. The van der Waals surface area contributed by atoms with Gasteiger partial charge in [-0.1, -0.05) is 0 Å². The van der Waals surface area contributed by atoms with Gasteiger partial charge in [0, 0.05) is 0 Å². The van der Waals surface area contributed by atoms with Crippen LogP contribution in [-0.4, -0.2) is 107 Å². The smallest absolute Gasteiger partial charge is 0.325 e. The van der Waals surface area contributed by atoms with E-state index in [2.05, 4.69) is 29.9 Å². The van der Waals surface area contributed by atoms with E-state index in [1.807, 2.05) is 0 Å². The number of nitrogens with zero attached hydrogens (tertiary/aromatic N) is 8. The minimum atomic E-state index is -4.53. The molecular formula is C20H22BFN10O9P2S. The summed E-state index contributed by atoms with van der Waals surface area (Å²) in [6.07, 6.45) is -6.88. The van der Waals surface area contributed by atoms with Crippen LogP contribution >= 0.6 is 14.2 Å². The van der Waals surface area contributed by atoms with Crippen molar-refractivity contribution in [2.45, 2.75) is 49.1 Å². The molecule has 0 bridgehead atoms. The number of fused-ring (bicyclic) bond motifs is 4. The van der Waals surface area contributed by atoms with E-state index in [1.165, 1.54) is 34.4 Å². The fraction of sp³-hybridized carbons (Fsp3) is 0.500. The van der Waals surface area contributed by atoms with Crippen LogP contribution in [0.3, 0.4) is 0 Å². The van der Waals surface area contributed by atoms with Gasteiger partial charge in [-0.15, -0.1) is 0 Å². The molecule has 4 aromatic rings. The lowest BCUT2D eigenvalue weighted by Gasteiger charge is -2.30. The van der Waals surface area contributed by atoms with Crippen LogP contribution < -0.4 is 11.5 Å². The third kappa shape index (κ3) is 5.19. The maximum absolute atomic E-state index is 16.0. The van der Waals surface area contributed by atoms with Crippen LogP contribution in [0.2, 0.25) is 0 Å². The molecule has 0 aromatic carbocycles. The van der Waals surface area contributed by atoms with E-state index in [-0.39, 0.29) is 34.0 Å². The Morgan fingerprint density at radius 3 is 2.07 bits per heavy atom. The summed E-state index contributed by atoms with van der Waals surface area (Å²) < 4.78 is 65.6. The zero-order chi connectivity index (χ0) is 31.0. The normalized spacial score (nSPS) is 38.2. The quantitative estimate of drug-likeness (QED) is 0.157. The van der Waals surface area contributed by atoms with Crippen LogP contribution in [0, 0.1) is 0 Å². The molecule has 4 aromatic heterocycles. The number of hydrogen-bond donors (Lipinski definition) is 4. The highest BCUT2D eigenvalue weighted by atomic mass is 32.5. The van der Waals surface area contributed by atoms with E-state index < -0.39 is 76.6 Å². The SMILES string of the molecule is [B][P@@]1(=O)OC[C@H]2O[C@@H](n3cnc4c(N)ncnc43)C(O)[C@H]2OP(O)(=S)OC[C@H]2O[C@@H](n3cnc4c(N)ncnc43)C(F)[C@H]2O1. The van der Waals surface area contributed by atoms with Gasteiger partial charge < -0.3 is 44.5 Å². The highest BCUT2D eigenvalue weighted by Gasteiger charge is 2.53. The number of nitrogen functional groups attached to an aromatic ring is 2. The van der Waals surface area contributed by atoms with E-state index in [1.54, 1.807) is 0 Å². The van der Waals surface area contributed by atoms with Crippen molar-refractivity contribution in [1.82, 2.24) is 39.0 Å². The predicted octanol–water partition coefficient (Wildman–Crippen LogP) is -0.365. The van der Waals surface area contributed by atoms with Gasteiger partial charge in [-0.25, -0.2) is 34.3 Å². The number of imidazole rings is 2. The third-order valence-electron chi connectivity index (χ3n) is 7.24. The zero-order valence-corrected chi connectivity index (χ0v) is 24.7. The van der Waals surface area contributed by atoms with Gasteiger partial charge in [0.1, 0.15) is 54.2 Å². The van der Waals surface area contributed by atoms with Crippen molar-refractivity contribution in [2.24, 2.45) is 0 Å². The molecule has 3 aliphatic rings. The number of nitrogens with two attached hydrogens (primary N) is 2. The molecule has 19 nitrogen and oxygen atoms in total. The second kappa shape index (κ2) is 11.0. The molecule has 232 valence electrons. The molecule has 0 spiro atoms. The lowest BCUT2D eigenvalue weighted by Crippen LogP contribution is -2.38. The van der Waals surface area contributed by atoms with Crippen LogP contribution in [0.15, 0.2) is 25.3 Å². The lowest BCUT2D eigenvalue weighted by molar-refractivity contribution is -0.0572. The van der Waals surface area contributed by atoms with E-state index in [0.717, 1.165) is 0 Å². The Kier molecular flexibility index (Phi) is 7.45. The third-order valence-corrected chi connectivity index (χ3v) is 9.85. The van der Waals surface area contributed by atoms with Gasteiger partial charge in [0.05, 0.1) is 25.9 Å². The molecule has 44 heavy (non-hydrogen) atoms. The monoisotopic (exact) mass is 670 g/mol. The summed E-state index contributed by atoms with van der Waals surface area (Å²) in [6, 6.07) is 0. The number of aromatic nitrogens is 8. The highest BCUT2D eigenvalue weighted by Crippen LogP contribution is 2.54. The molecule has 0 aliphatic carbocycles. The Labute approximate surface area is 252 Å². The highest BCUT2D eigenvalue weighted by molar-refractivity contribution is 8.07. The van der Waals surface area contributed by atoms with E-state index in [0.29, 0.717) is 0 Å². The van der Waals surface area contributed by atoms with Crippen LogP contribution in [-0.2, 0) is 43.9 Å². The first-order valence-electron chi connectivity index (χ1n) is 12.8. The summed E-state index contributed by atoms with van der Waals surface area (Å²) in [5, 5.41) is 11.2. The number of aliphatic hydroxyl groups is 1. The number of aliphatic hydroxyl groups excluding tert-OH is 1. The van der Waals surface area contributed by atoms with Crippen molar-refractivity contribution in [3.05, 3.63) is 25.3 Å². The first-order chi connectivity index (χ1) is 20.9. The second-order valence-corrected chi connectivity index (χ2v) is 14.3. The standard InChI is InChI=1S/C20H22BFN10O9P2S/c21-42(34)36-1-8-14(12(33)20(39-8)32-6-30-11-16(24)26-4-28-18(11)32)41-43(35,44)37-2-7-13(40-42)9(22)19(38-7)31-5-29-10-15(23)25-3-27-17(10)31/h3-9,12-14,19-20,33H,1-2H2,(H,35,44)(H2,23,25,27)(H2,24,26,28)/t7-,8-,9?,12?,13+,14+,19-,20-,42-,43?/m1/s1. The van der Waals surface area contributed by atoms with Gasteiger partial charge >= 0.3 is 6.72 Å². The zero-order valence-electron chi connectivity index (χ0n) is 22.1. The first-order valence-corrected chi connectivity index (χ1v) is 17.0. The maximum atomic E-state index is 16.0. The molecule has 3 saturated heterocycles. The van der Waals surface area contributed by atoms with Crippen LogP contribution in [0.4, 0.5) is 16.0 Å². The first kappa shape index (κ1) is 29.9. The lowest BCUT2D eigenvalue weighted by atomic mass is 10.1.